The van der Waals surface area contributed by atoms with Crippen LogP contribution >= 0.6 is 0 Å². The summed E-state index contributed by atoms with van der Waals surface area (Å²) in [7, 11) is 5.40. The topological polar surface area (TPSA) is 79.3 Å². The summed E-state index contributed by atoms with van der Waals surface area (Å²) in [5, 5.41) is 11.4. The van der Waals surface area contributed by atoms with E-state index in [1.165, 1.54) is 12.0 Å². The van der Waals surface area contributed by atoms with Crippen LogP contribution in [0, 0.1) is 6.92 Å². The van der Waals surface area contributed by atoms with Gasteiger partial charge in [0.1, 0.15) is 11.5 Å². The van der Waals surface area contributed by atoms with Crippen molar-refractivity contribution < 1.29 is 24.2 Å². The van der Waals surface area contributed by atoms with Gasteiger partial charge in [-0.3, -0.25) is 9.59 Å². The Labute approximate surface area is 194 Å². The third-order valence-electron chi connectivity index (χ3n) is 6.30. The highest BCUT2D eigenvalue weighted by Crippen LogP contribution is 2.42. The average Bonchev–Trinajstić information content (AvgIpc) is 3.41. The maximum Gasteiger partial charge on any atom is 0.295 e. The molecule has 2 heterocycles. The Kier molecular flexibility index (Phi) is 6.42. The summed E-state index contributed by atoms with van der Waals surface area (Å²) in [6.07, 6.45) is 1.64. The number of carbonyl (C=O) groups excluding carboxylic acids is 2. The molecule has 0 aromatic heterocycles. The van der Waals surface area contributed by atoms with Gasteiger partial charge in [0.25, 0.3) is 11.7 Å². The number of Topliss-reactive ketones (excluding diaryl/α,β-unsaturated/α-hetero) is 1. The number of ether oxygens (including phenoxy) is 2. The van der Waals surface area contributed by atoms with Crippen LogP contribution in [0.15, 0.2) is 48.0 Å². The fourth-order valence-corrected chi connectivity index (χ4v) is 4.53. The van der Waals surface area contributed by atoms with Gasteiger partial charge in [-0.2, -0.15) is 0 Å². The number of ketones is 1. The van der Waals surface area contributed by atoms with Crippen molar-refractivity contribution in [1.29, 1.82) is 0 Å². The molecule has 2 aromatic carbocycles. The Hall–Kier alpha value is -3.32. The first-order chi connectivity index (χ1) is 15.8. The van der Waals surface area contributed by atoms with E-state index in [0.717, 1.165) is 29.7 Å². The second-order valence-electron chi connectivity index (χ2n) is 8.78. The predicted octanol–water partition coefficient (Wildman–Crippen LogP) is 3.67. The van der Waals surface area contributed by atoms with E-state index in [9.17, 15) is 14.7 Å². The number of methoxy groups -OCH3 is 1. The summed E-state index contributed by atoms with van der Waals surface area (Å²) in [6, 6.07) is 12.3. The molecule has 2 fully saturated rings. The largest absolute Gasteiger partial charge is 0.507 e. The number of amides is 1. The molecular weight excluding hydrogens is 420 g/mol. The summed E-state index contributed by atoms with van der Waals surface area (Å²) >= 11 is 0. The normalized spacial score (nSPS) is 22.1. The summed E-state index contributed by atoms with van der Waals surface area (Å²) in [4.78, 5) is 29.9. The third-order valence-corrected chi connectivity index (χ3v) is 6.30. The Bertz CT molecular complexity index is 1080. The van der Waals surface area contributed by atoms with Crippen LogP contribution in [0.4, 0.5) is 5.69 Å². The number of hydrogen-bond acceptors (Lipinski definition) is 6. The molecule has 0 saturated carbocycles. The van der Waals surface area contributed by atoms with E-state index in [0.29, 0.717) is 24.5 Å². The van der Waals surface area contributed by atoms with Crippen molar-refractivity contribution in [2.75, 3.05) is 39.3 Å². The molecular formula is C26H30N2O5. The maximum absolute atomic E-state index is 13.2. The van der Waals surface area contributed by atoms with Crippen molar-refractivity contribution in [2.45, 2.75) is 31.9 Å². The lowest BCUT2D eigenvalue weighted by molar-refractivity contribution is -0.140. The van der Waals surface area contributed by atoms with Gasteiger partial charge in [-0.1, -0.05) is 23.8 Å². The van der Waals surface area contributed by atoms with Crippen molar-refractivity contribution in [3.05, 3.63) is 64.7 Å². The van der Waals surface area contributed by atoms with Crippen LogP contribution in [0.25, 0.3) is 5.76 Å². The fourth-order valence-electron chi connectivity index (χ4n) is 4.53. The van der Waals surface area contributed by atoms with Crippen LogP contribution in [0.1, 0.15) is 35.6 Å². The number of hydrogen-bond donors (Lipinski definition) is 1. The number of anilines is 1. The van der Waals surface area contributed by atoms with Crippen LogP contribution in [0.5, 0.6) is 5.75 Å². The monoisotopic (exact) mass is 450 g/mol. The molecule has 2 aromatic rings. The first-order valence-corrected chi connectivity index (χ1v) is 11.1. The standard InChI is InChI=1S/C26H30N2O5/c1-16-7-12-21(32-4)20(14-16)24(29)22-23(17-8-10-18(11-9-17)27(2)3)28(26(31)25(22)30)15-19-6-5-13-33-19/h7-12,14,19,23,29H,5-6,13,15H2,1-4H3/b24-22+. The molecule has 7 nitrogen and oxygen atoms in total. The van der Waals surface area contributed by atoms with Gasteiger partial charge in [0.15, 0.2) is 0 Å². The van der Waals surface area contributed by atoms with Crippen LogP contribution in [-0.2, 0) is 14.3 Å². The molecule has 4 rings (SSSR count). The van der Waals surface area contributed by atoms with Crippen molar-refractivity contribution in [1.82, 2.24) is 4.90 Å². The summed E-state index contributed by atoms with van der Waals surface area (Å²) < 4.78 is 11.2. The van der Waals surface area contributed by atoms with Gasteiger partial charge in [0.05, 0.1) is 30.4 Å². The highest BCUT2D eigenvalue weighted by Gasteiger charge is 2.47. The molecule has 0 spiro atoms. The number of rotatable bonds is 6. The van der Waals surface area contributed by atoms with E-state index in [-0.39, 0.29) is 17.4 Å². The minimum atomic E-state index is -0.712. The molecule has 2 atom stereocenters. The van der Waals surface area contributed by atoms with Crippen molar-refractivity contribution in [3.63, 3.8) is 0 Å². The fraction of sp³-hybridized carbons (Fsp3) is 0.385. The molecule has 0 aliphatic carbocycles. The Balaban J connectivity index is 1.86. The summed E-state index contributed by atoms with van der Waals surface area (Å²) in [5.74, 6) is -1.12. The van der Waals surface area contributed by atoms with Crippen LogP contribution in [-0.4, -0.2) is 62.2 Å². The molecule has 2 aliphatic rings. The average molecular weight is 451 g/mol. The van der Waals surface area contributed by atoms with Gasteiger partial charge in [-0.25, -0.2) is 0 Å². The number of benzene rings is 2. The van der Waals surface area contributed by atoms with Crippen LogP contribution in [0.2, 0.25) is 0 Å². The summed E-state index contributed by atoms with van der Waals surface area (Å²) in [6.45, 7) is 2.84. The van der Waals surface area contributed by atoms with Gasteiger partial charge < -0.3 is 24.4 Å². The Morgan fingerprint density at radius 1 is 1.18 bits per heavy atom. The molecule has 174 valence electrons. The first-order valence-electron chi connectivity index (χ1n) is 11.1. The van der Waals surface area contributed by atoms with Gasteiger partial charge in [-0.15, -0.1) is 0 Å². The lowest BCUT2D eigenvalue weighted by Gasteiger charge is -2.28. The summed E-state index contributed by atoms with van der Waals surface area (Å²) in [5.41, 5.74) is 3.11. The van der Waals surface area contributed by atoms with Crippen molar-refractivity contribution in [2.24, 2.45) is 0 Å². The molecule has 2 unspecified atom stereocenters. The van der Waals surface area contributed by atoms with Gasteiger partial charge >= 0.3 is 0 Å². The number of nitrogens with zero attached hydrogens (tertiary/aromatic N) is 2. The second-order valence-corrected chi connectivity index (χ2v) is 8.78. The van der Waals surface area contributed by atoms with Crippen molar-refractivity contribution >= 4 is 23.1 Å². The lowest BCUT2D eigenvalue weighted by atomic mass is 9.94. The van der Waals surface area contributed by atoms with Gasteiger partial charge in [-0.05, 0) is 49.6 Å². The molecule has 2 saturated heterocycles. The van der Waals surface area contributed by atoms with E-state index >= 15 is 0 Å². The minimum absolute atomic E-state index is 0.0690. The first kappa shape index (κ1) is 22.9. The molecule has 33 heavy (non-hydrogen) atoms. The quantitative estimate of drug-likeness (QED) is 0.411. The Morgan fingerprint density at radius 3 is 2.52 bits per heavy atom. The SMILES string of the molecule is COc1ccc(C)cc1/C(O)=C1\C(=O)C(=O)N(CC2CCCO2)C1c1ccc(N(C)C)cc1. The van der Waals surface area contributed by atoms with E-state index in [4.69, 9.17) is 9.47 Å². The van der Waals surface area contributed by atoms with Crippen molar-refractivity contribution in [3.8, 4) is 5.75 Å². The molecule has 0 radical (unpaired) electrons. The number of aryl methyl sites for hydroxylation is 1. The third kappa shape index (κ3) is 4.33. The molecule has 2 aliphatic heterocycles. The number of aliphatic hydroxyl groups excluding tert-OH is 1. The van der Waals surface area contributed by atoms with Crippen LogP contribution < -0.4 is 9.64 Å². The maximum atomic E-state index is 13.2. The van der Waals surface area contributed by atoms with E-state index < -0.39 is 17.7 Å². The van der Waals surface area contributed by atoms with Crippen LogP contribution in [0.3, 0.4) is 0 Å². The second kappa shape index (κ2) is 9.27. The molecule has 1 amide bonds. The predicted molar refractivity (Wildman–Crippen MR) is 126 cm³/mol. The zero-order valence-corrected chi connectivity index (χ0v) is 19.5. The minimum Gasteiger partial charge on any atom is -0.507 e. The zero-order chi connectivity index (χ0) is 23.7. The number of carbonyl (C=O) groups is 2. The number of likely N-dealkylation sites (tertiary alicyclic amines) is 1. The highest BCUT2D eigenvalue weighted by molar-refractivity contribution is 6.46. The number of aliphatic hydroxyl groups is 1. The molecule has 7 heteroatoms. The Morgan fingerprint density at radius 2 is 1.91 bits per heavy atom. The lowest BCUT2D eigenvalue weighted by Crippen LogP contribution is -2.36. The van der Waals surface area contributed by atoms with E-state index in [1.54, 1.807) is 12.1 Å². The molecule has 1 N–H and O–H groups in total. The van der Waals surface area contributed by atoms with Gasteiger partial charge in [0, 0.05) is 32.9 Å². The smallest absolute Gasteiger partial charge is 0.295 e. The highest BCUT2D eigenvalue weighted by atomic mass is 16.5. The molecule has 0 bridgehead atoms. The van der Waals surface area contributed by atoms with Gasteiger partial charge in [0.2, 0.25) is 0 Å². The van der Waals surface area contributed by atoms with E-state index in [2.05, 4.69) is 0 Å². The zero-order valence-electron chi connectivity index (χ0n) is 19.5. The van der Waals surface area contributed by atoms with E-state index in [1.807, 2.05) is 56.3 Å².